The van der Waals surface area contributed by atoms with Crippen molar-refractivity contribution in [2.24, 2.45) is 5.73 Å². The largest absolute Gasteiger partial charge is 0.484 e. The van der Waals surface area contributed by atoms with Crippen LogP contribution in [-0.2, 0) is 5.41 Å². The first-order chi connectivity index (χ1) is 9.45. The lowest BCUT2D eigenvalue weighted by Crippen LogP contribution is -2.24. The third kappa shape index (κ3) is 2.45. The lowest BCUT2D eigenvalue weighted by Gasteiger charge is -2.29. The Morgan fingerprint density at radius 3 is 2.75 bits per heavy atom. The van der Waals surface area contributed by atoms with Gasteiger partial charge in [-0.25, -0.2) is 4.98 Å². The average Bonchev–Trinajstić information content (AvgIpc) is 2.88. The van der Waals surface area contributed by atoms with Gasteiger partial charge in [0.05, 0.1) is 10.7 Å². The van der Waals surface area contributed by atoms with Crippen molar-refractivity contribution >= 4 is 11.3 Å². The average molecular weight is 288 g/mol. The summed E-state index contributed by atoms with van der Waals surface area (Å²) in [5, 5.41) is 3.25. The number of aromatic nitrogens is 1. The van der Waals surface area contributed by atoms with E-state index < -0.39 is 0 Å². The Morgan fingerprint density at radius 1 is 1.30 bits per heavy atom. The smallest absolute Gasteiger partial charge is 0.143 e. The highest BCUT2D eigenvalue weighted by atomic mass is 32.1. The van der Waals surface area contributed by atoms with Crippen LogP contribution in [0.1, 0.15) is 55.6 Å². The Kier molecular flexibility index (Phi) is 3.30. The van der Waals surface area contributed by atoms with Crippen LogP contribution in [0.2, 0.25) is 0 Å². The van der Waals surface area contributed by atoms with E-state index in [1.807, 2.05) is 24.3 Å². The minimum absolute atomic E-state index is 0.0183. The predicted octanol–water partition coefficient (Wildman–Crippen LogP) is 3.96. The zero-order valence-corrected chi connectivity index (χ0v) is 12.9. The maximum absolute atomic E-state index is 6.26. The molecule has 0 amide bonds. The molecule has 0 radical (unpaired) electrons. The monoisotopic (exact) mass is 288 g/mol. The van der Waals surface area contributed by atoms with Gasteiger partial charge in [-0.2, -0.15) is 0 Å². The molecule has 106 valence electrons. The maximum atomic E-state index is 6.26. The second-order valence-corrected chi connectivity index (χ2v) is 7.17. The fourth-order valence-electron chi connectivity index (χ4n) is 2.41. The number of ether oxygens (including phenoxy) is 1. The molecule has 4 heteroatoms. The minimum atomic E-state index is -0.0350. The van der Waals surface area contributed by atoms with Gasteiger partial charge >= 0.3 is 0 Å². The summed E-state index contributed by atoms with van der Waals surface area (Å²) in [6, 6.07) is 8.03. The molecule has 2 atom stereocenters. The third-order valence-corrected chi connectivity index (χ3v) is 4.84. The van der Waals surface area contributed by atoms with Crippen LogP contribution in [0.15, 0.2) is 29.6 Å². The number of thiazole rings is 1. The molecule has 3 rings (SSSR count). The summed E-state index contributed by atoms with van der Waals surface area (Å²) in [6.45, 7) is 6.54. The molecular weight excluding hydrogens is 268 g/mol. The number of para-hydroxylation sites is 1. The number of nitrogens with two attached hydrogens (primary N) is 1. The summed E-state index contributed by atoms with van der Waals surface area (Å²) in [5.74, 6) is 0.890. The molecule has 2 unspecified atom stereocenters. The quantitative estimate of drug-likeness (QED) is 0.864. The number of nitrogens with zero attached hydrogens (tertiary/aromatic N) is 1. The van der Waals surface area contributed by atoms with Crippen molar-refractivity contribution in [3.63, 3.8) is 0 Å². The fourth-order valence-corrected chi connectivity index (χ4v) is 3.36. The molecule has 0 saturated carbocycles. The molecule has 0 spiro atoms. The van der Waals surface area contributed by atoms with Gasteiger partial charge in [-0.05, 0) is 6.07 Å². The summed E-state index contributed by atoms with van der Waals surface area (Å²) in [6.07, 6.45) is 0.747. The molecule has 0 fully saturated rings. The van der Waals surface area contributed by atoms with Crippen molar-refractivity contribution in [3.05, 3.63) is 45.9 Å². The Balaban J connectivity index is 1.88. The molecule has 0 bridgehead atoms. The van der Waals surface area contributed by atoms with Gasteiger partial charge in [0, 0.05) is 28.8 Å². The molecule has 1 aliphatic heterocycles. The second-order valence-electron chi connectivity index (χ2n) is 6.31. The number of benzene rings is 1. The van der Waals surface area contributed by atoms with Crippen LogP contribution < -0.4 is 10.5 Å². The van der Waals surface area contributed by atoms with E-state index in [2.05, 4.69) is 26.2 Å². The van der Waals surface area contributed by atoms with Gasteiger partial charge in [-0.15, -0.1) is 11.3 Å². The van der Waals surface area contributed by atoms with Crippen molar-refractivity contribution < 1.29 is 4.74 Å². The van der Waals surface area contributed by atoms with Crippen LogP contribution in [0.3, 0.4) is 0 Å². The summed E-state index contributed by atoms with van der Waals surface area (Å²) >= 11 is 1.70. The van der Waals surface area contributed by atoms with Crippen molar-refractivity contribution in [3.8, 4) is 5.75 Å². The van der Waals surface area contributed by atoms with E-state index in [9.17, 15) is 0 Å². The van der Waals surface area contributed by atoms with Crippen LogP contribution in [0.25, 0.3) is 0 Å². The first-order valence-electron chi connectivity index (χ1n) is 6.92. The zero-order chi connectivity index (χ0) is 14.3. The SMILES string of the molecule is CC(C)(C)c1nc(C2CC(N)c3ccccc3O2)cs1. The predicted molar refractivity (Wildman–Crippen MR) is 82.2 cm³/mol. The van der Waals surface area contributed by atoms with Crippen LogP contribution >= 0.6 is 11.3 Å². The lowest BCUT2D eigenvalue weighted by atomic mass is 9.95. The minimum Gasteiger partial charge on any atom is -0.484 e. The standard InChI is InChI=1S/C16H20N2OS/c1-16(2,3)15-18-12(9-20-15)14-8-11(17)10-6-4-5-7-13(10)19-14/h4-7,9,11,14H,8,17H2,1-3H3. The number of hydrogen-bond donors (Lipinski definition) is 1. The van der Waals surface area contributed by atoms with E-state index in [0.29, 0.717) is 0 Å². The van der Waals surface area contributed by atoms with E-state index in [4.69, 9.17) is 15.5 Å². The van der Waals surface area contributed by atoms with Gasteiger partial charge in [0.25, 0.3) is 0 Å². The van der Waals surface area contributed by atoms with Gasteiger partial charge in [0.2, 0.25) is 0 Å². The van der Waals surface area contributed by atoms with E-state index in [1.54, 1.807) is 11.3 Å². The molecule has 2 heterocycles. The van der Waals surface area contributed by atoms with Crippen molar-refractivity contribution in [1.29, 1.82) is 0 Å². The zero-order valence-electron chi connectivity index (χ0n) is 12.1. The molecule has 3 nitrogen and oxygen atoms in total. The molecule has 1 aromatic heterocycles. The molecule has 1 aliphatic rings. The Bertz CT molecular complexity index is 615. The Hall–Kier alpha value is -1.39. The highest BCUT2D eigenvalue weighted by molar-refractivity contribution is 7.09. The molecule has 0 aliphatic carbocycles. The summed E-state index contributed by atoms with van der Waals surface area (Å²) in [7, 11) is 0. The fraction of sp³-hybridized carbons (Fsp3) is 0.438. The van der Waals surface area contributed by atoms with Crippen molar-refractivity contribution in [2.75, 3.05) is 0 Å². The van der Waals surface area contributed by atoms with Crippen LogP contribution in [-0.4, -0.2) is 4.98 Å². The number of fused-ring (bicyclic) bond motifs is 1. The first-order valence-corrected chi connectivity index (χ1v) is 7.80. The van der Waals surface area contributed by atoms with Crippen molar-refractivity contribution in [2.45, 2.75) is 44.8 Å². The van der Waals surface area contributed by atoms with Crippen LogP contribution in [0.4, 0.5) is 0 Å². The van der Waals surface area contributed by atoms with Gasteiger partial charge in [-0.3, -0.25) is 0 Å². The first kappa shape index (κ1) is 13.6. The van der Waals surface area contributed by atoms with E-state index in [0.717, 1.165) is 28.4 Å². The number of rotatable bonds is 1. The van der Waals surface area contributed by atoms with Crippen LogP contribution in [0, 0.1) is 0 Å². The lowest BCUT2D eigenvalue weighted by molar-refractivity contribution is 0.157. The van der Waals surface area contributed by atoms with Gasteiger partial charge in [0.15, 0.2) is 0 Å². The third-order valence-electron chi connectivity index (χ3n) is 3.55. The van der Waals surface area contributed by atoms with Gasteiger partial charge in [0.1, 0.15) is 11.9 Å². The van der Waals surface area contributed by atoms with E-state index in [-0.39, 0.29) is 17.6 Å². The molecule has 2 N–H and O–H groups in total. The number of hydrogen-bond acceptors (Lipinski definition) is 4. The Labute approximate surface area is 123 Å². The molecule has 1 aromatic carbocycles. The normalized spacial score (nSPS) is 22.2. The highest BCUT2D eigenvalue weighted by Crippen LogP contribution is 2.40. The highest BCUT2D eigenvalue weighted by Gasteiger charge is 2.29. The van der Waals surface area contributed by atoms with E-state index in [1.165, 1.54) is 0 Å². The van der Waals surface area contributed by atoms with Crippen molar-refractivity contribution in [1.82, 2.24) is 4.98 Å². The van der Waals surface area contributed by atoms with Gasteiger partial charge in [-0.1, -0.05) is 39.0 Å². The molecular formula is C16H20N2OS. The summed E-state index contributed by atoms with van der Waals surface area (Å²) in [5.41, 5.74) is 8.44. The van der Waals surface area contributed by atoms with Crippen LogP contribution in [0.5, 0.6) is 5.75 Å². The molecule has 20 heavy (non-hydrogen) atoms. The summed E-state index contributed by atoms with van der Waals surface area (Å²) < 4.78 is 6.08. The topological polar surface area (TPSA) is 48.1 Å². The van der Waals surface area contributed by atoms with Gasteiger partial charge < -0.3 is 10.5 Å². The summed E-state index contributed by atoms with van der Waals surface area (Å²) in [4.78, 5) is 4.75. The maximum Gasteiger partial charge on any atom is 0.143 e. The van der Waals surface area contributed by atoms with E-state index >= 15 is 0 Å². The molecule has 2 aromatic rings. The molecule has 0 saturated heterocycles. The second kappa shape index (κ2) is 4.86. The Morgan fingerprint density at radius 2 is 2.05 bits per heavy atom.